The molecular weight excluding hydrogens is 220 g/mol. The molecule has 2 nitrogen and oxygen atoms in total. The van der Waals surface area contributed by atoms with Crippen LogP contribution in [0.4, 0.5) is 5.69 Å². The molecule has 90 valence electrons. The maximum absolute atomic E-state index is 6.06. The zero-order valence-electron chi connectivity index (χ0n) is 10.2. The molecule has 0 aromatic heterocycles. The molecule has 16 heavy (non-hydrogen) atoms. The van der Waals surface area contributed by atoms with E-state index in [-0.39, 0.29) is 0 Å². The third-order valence-corrected chi connectivity index (χ3v) is 2.91. The van der Waals surface area contributed by atoms with Gasteiger partial charge in [0.15, 0.2) is 0 Å². The van der Waals surface area contributed by atoms with Crippen LogP contribution in [-0.2, 0) is 6.42 Å². The van der Waals surface area contributed by atoms with Gasteiger partial charge in [0.1, 0.15) is 0 Å². The average molecular weight is 241 g/mol. The number of halogens is 1. The SMILES string of the molecule is CCCN(CC)c1cc(Cl)ccc1CCN. The van der Waals surface area contributed by atoms with Gasteiger partial charge in [-0.3, -0.25) is 0 Å². The van der Waals surface area contributed by atoms with Crippen LogP contribution in [0.15, 0.2) is 18.2 Å². The highest BCUT2D eigenvalue weighted by atomic mass is 35.5. The highest BCUT2D eigenvalue weighted by Crippen LogP contribution is 2.25. The normalized spacial score (nSPS) is 10.5. The van der Waals surface area contributed by atoms with Crippen LogP contribution in [0.25, 0.3) is 0 Å². The van der Waals surface area contributed by atoms with Gasteiger partial charge in [-0.05, 0) is 44.0 Å². The summed E-state index contributed by atoms with van der Waals surface area (Å²) in [5.41, 5.74) is 8.16. The predicted molar refractivity (Wildman–Crippen MR) is 72.4 cm³/mol. The highest BCUT2D eigenvalue weighted by Gasteiger charge is 2.09. The van der Waals surface area contributed by atoms with Crippen LogP contribution in [0.5, 0.6) is 0 Å². The van der Waals surface area contributed by atoms with Gasteiger partial charge >= 0.3 is 0 Å². The van der Waals surface area contributed by atoms with Crippen molar-refractivity contribution in [3.8, 4) is 0 Å². The Morgan fingerprint density at radius 2 is 2.06 bits per heavy atom. The lowest BCUT2D eigenvalue weighted by atomic mass is 10.1. The average Bonchev–Trinajstić information content (AvgIpc) is 2.29. The molecule has 0 fully saturated rings. The zero-order chi connectivity index (χ0) is 12.0. The monoisotopic (exact) mass is 240 g/mol. The second-order valence-corrected chi connectivity index (χ2v) is 4.33. The van der Waals surface area contributed by atoms with Gasteiger partial charge in [0, 0.05) is 23.8 Å². The van der Waals surface area contributed by atoms with Crippen molar-refractivity contribution in [1.82, 2.24) is 0 Å². The molecule has 1 aromatic rings. The third kappa shape index (κ3) is 3.39. The Morgan fingerprint density at radius 3 is 2.62 bits per heavy atom. The molecule has 0 aliphatic heterocycles. The second-order valence-electron chi connectivity index (χ2n) is 3.89. The van der Waals surface area contributed by atoms with E-state index in [0.29, 0.717) is 6.54 Å². The van der Waals surface area contributed by atoms with E-state index in [0.717, 1.165) is 31.0 Å². The van der Waals surface area contributed by atoms with E-state index in [1.165, 1.54) is 11.3 Å². The number of rotatable bonds is 6. The predicted octanol–water partition coefficient (Wildman–Crippen LogP) is 3.08. The molecule has 0 heterocycles. The van der Waals surface area contributed by atoms with Gasteiger partial charge in [-0.2, -0.15) is 0 Å². The minimum atomic E-state index is 0.679. The molecule has 0 amide bonds. The maximum atomic E-state index is 6.06. The summed E-state index contributed by atoms with van der Waals surface area (Å²) < 4.78 is 0. The molecule has 3 heteroatoms. The lowest BCUT2D eigenvalue weighted by Gasteiger charge is -2.25. The largest absolute Gasteiger partial charge is 0.372 e. The molecule has 0 saturated heterocycles. The highest BCUT2D eigenvalue weighted by molar-refractivity contribution is 6.30. The Labute approximate surface area is 103 Å². The first-order chi connectivity index (χ1) is 7.72. The Bertz CT molecular complexity index is 326. The molecule has 1 aromatic carbocycles. The summed E-state index contributed by atoms with van der Waals surface area (Å²) in [6, 6.07) is 6.07. The Hall–Kier alpha value is -0.730. The summed E-state index contributed by atoms with van der Waals surface area (Å²) >= 11 is 6.06. The summed E-state index contributed by atoms with van der Waals surface area (Å²) in [7, 11) is 0. The van der Waals surface area contributed by atoms with E-state index >= 15 is 0 Å². The fraction of sp³-hybridized carbons (Fsp3) is 0.538. The smallest absolute Gasteiger partial charge is 0.0426 e. The van der Waals surface area contributed by atoms with Gasteiger partial charge in [0.05, 0.1) is 0 Å². The molecule has 0 radical (unpaired) electrons. The number of benzene rings is 1. The van der Waals surface area contributed by atoms with Crippen molar-refractivity contribution in [2.45, 2.75) is 26.7 Å². The van der Waals surface area contributed by atoms with Gasteiger partial charge < -0.3 is 10.6 Å². The molecule has 0 atom stereocenters. The molecular formula is C13H21ClN2. The minimum absolute atomic E-state index is 0.679. The van der Waals surface area contributed by atoms with Gasteiger partial charge in [-0.25, -0.2) is 0 Å². The van der Waals surface area contributed by atoms with Crippen molar-refractivity contribution < 1.29 is 0 Å². The van der Waals surface area contributed by atoms with Crippen LogP contribution in [0.1, 0.15) is 25.8 Å². The van der Waals surface area contributed by atoms with Crippen LogP contribution < -0.4 is 10.6 Å². The van der Waals surface area contributed by atoms with Gasteiger partial charge in [-0.1, -0.05) is 24.6 Å². The van der Waals surface area contributed by atoms with Crippen LogP contribution >= 0.6 is 11.6 Å². The summed E-state index contributed by atoms with van der Waals surface area (Å²) in [5, 5.41) is 0.797. The lowest BCUT2D eigenvalue weighted by Crippen LogP contribution is -2.25. The molecule has 0 spiro atoms. The van der Waals surface area contributed by atoms with Crippen LogP contribution in [0, 0.1) is 0 Å². The van der Waals surface area contributed by atoms with Crippen molar-refractivity contribution in [3.05, 3.63) is 28.8 Å². The van der Waals surface area contributed by atoms with E-state index in [4.69, 9.17) is 17.3 Å². The minimum Gasteiger partial charge on any atom is -0.372 e. The summed E-state index contributed by atoms with van der Waals surface area (Å²) in [6.45, 7) is 7.11. The molecule has 0 aliphatic carbocycles. The van der Waals surface area contributed by atoms with Crippen molar-refractivity contribution in [3.63, 3.8) is 0 Å². The van der Waals surface area contributed by atoms with Crippen molar-refractivity contribution in [2.24, 2.45) is 5.73 Å². The molecule has 0 unspecified atom stereocenters. The Kier molecular flexibility index (Phi) is 5.64. The fourth-order valence-electron chi connectivity index (χ4n) is 1.92. The van der Waals surface area contributed by atoms with E-state index in [1.54, 1.807) is 0 Å². The Morgan fingerprint density at radius 1 is 1.31 bits per heavy atom. The van der Waals surface area contributed by atoms with E-state index in [2.05, 4.69) is 24.8 Å². The summed E-state index contributed by atoms with van der Waals surface area (Å²) in [4.78, 5) is 2.36. The van der Waals surface area contributed by atoms with Gasteiger partial charge in [-0.15, -0.1) is 0 Å². The zero-order valence-corrected chi connectivity index (χ0v) is 10.9. The van der Waals surface area contributed by atoms with E-state index < -0.39 is 0 Å². The second kappa shape index (κ2) is 6.77. The first-order valence-electron chi connectivity index (χ1n) is 5.96. The number of nitrogens with zero attached hydrogens (tertiary/aromatic N) is 1. The quantitative estimate of drug-likeness (QED) is 0.828. The summed E-state index contributed by atoms with van der Waals surface area (Å²) in [6.07, 6.45) is 2.05. The van der Waals surface area contributed by atoms with Gasteiger partial charge in [0.25, 0.3) is 0 Å². The molecule has 1 rings (SSSR count). The number of anilines is 1. The first kappa shape index (κ1) is 13.3. The molecule has 0 aliphatic rings. The number of nitrogens with two attached hydrogens (primary N) is 1. The van der Waals surface area contributed by atoms with Crippen LogP contribution in [0.3, 0.4) is 0 Å². The molecule has 0 saturated carbocycles. The third-order valence-electron chi connectivity index (χ3n) is 2.68. The standard InChI is InChI=1S/C13H21ClN2/c1-3-9-16(4-2)13-10-12(14)6-5-11(13)7-8-15/h5-6,10H,3-4,7-9,15H2,1-2H3. The van der Waals surface area contributed by atoms with Crippen molar-refractivity contribution in [1.29, 1.82) is 0 Å². The molecule has 2 N–H and O–H groups in total. The number of hydrogen-bond donors (Lipinski definition) is 1. The van der Waals surface area contributed by atoms with E-state index in [1.807, 2.05) is 12.1 Å². The molecule has 0 bridgehead atoms. The maximum Gasteiger partial charge on any atom is 0.0426 e. The van der Waals surface area contributed by atoms with E-state index in [9.17, 15) is 0 Å². The van der Waals surface area contributed by atoms with Crippen LogP contribution in [0.2, 0.25) is 5.02 Å². The van der Waals surface area contributed by atoms with Crippen molar-refractivity contribution >= 4 is 17.3 Å². The topological polar surface area (TPSA) is 29.3 Å². The summed E-state index contributed by atoms with van der Waals surface area (Å²) in [5.74, 6) is 0. The van der Waals surface area contributed by atoms with Crippen LogP contribution in [-0.4, -0.2) is 19.6 Å². The lowest BCUT2D eigenvalue weighted by molar-refractivity contribution is 0.783. The fourth-order valence-corrected chi connectivity index (χ4v) is 2.08. The van der Waals surface area contributed by atoms with Gasteiger partial charge in [0.2, 0.25) is 0 Å². The first-order valence-corrected chi connectivity index (χ1v) is 6.34. The number of hydrogen-bond acceptors (Lipinski definition) is 2. The Balaban J connectivity index is 3.01. The van der Waals surface area contributed by atoms with Crippen molar-refractivity contribution in [2.75, 3.05) is 24.5 Å².